The fourth-order valence-electron chi connectivity index (χ4n) is 1.95. The number of benzene rings is 1. The molecule has 6 nitrogen and oxygen atoms in total. The van der Waals surface area contributed by atoms with E-state index < -0.39 is 10.1 Å². The van der Waals surface area contributed by atoms with Gasteiger partial charge in [-0.05, 0) is 25.1 Å². The number of nitrogens with zero attached hydrogens (tertiary/aromatic N) is 1. The van der Waals surface area contributed by atoms with Crippen molar-refractivity contribution in [2.45, 2.75) is 11.8 Å². The van der Waals surface area contributed by atoms with Crippen molar-refractivity contribution in [2.24, 2.45) is 0 Å². The highest BCUT2D eigenvalue weighted by Crippen LogP contribution is 2.37. The Kier molecular flexibility index (Phi) is 4.25. The van der Waals surface area contributed by atoms with Gasteiger partial charge in [0.25, 0.3) is 0 Å². The van der Waals surface area contributed by atoms with Crippen molar-refractivity contribution in [3.05, 3.63) is 48.3 Å². The molecule has 0 saturated carbocycles. The van der Waals surface area contributed by atoms with Gasteiger partial charge in [0, 0.05) is 11.6 Å². The Balaban J connectivity index is 1.98. The van der Waals surface area contributed by atoms with Gasteiger partial charge in [0.2, 0.25) is 0 Å². The monoisotopic (exact) mass is 348 g/mol. The summed E-state index contributed by atoms with van der Waals surface area (Å²) in [5, 5.41) is 9.74. The van der Waals surface area contributed by atoms with Crippen LogP contribution in [0.25, 0.3) is 10.1 Å². The molecule has 0 spiro atoms. The number of pyridine rings is 1. The van der Waals surface area contributed by atoms with Gasteiger partial charge in [0.1, 0.15) is 4.90 Å². The van der Waals surface area contributed by atoms with Crippen molar-refractivity contribution in [1.29, 1.82) is 0 Å². The average Bonchev–Trinajstić information content (AvgIpc) is 2.91. The van der Waals surface area contributed by atoms with Gasteiger partial charge in [-0.25, -0.2) is 0 Å². The van der Waals surface area contributed by atoms with Crippen LogP contribution in [0.5, 0.6) is 10.8 Å². The number of hydrogen-bond donors (Lipinski definition) is 1. The Morgan fingerprint density at radius 3 is 2.65 bits per heavy atom. The first kappa shape index (κ1) is 15.8. The molecule has 0 unspecified atom stereocenters. The van der Waals surface area contributed by atoms with E-state index in [0.29, 0.717) is 22.8 Å². The Morgan fingerprint density at radius 1 is 1.22 bits per heavy atom. The summed E-state index contributed by atoms with van der Waals surface area (Å²) in [6.45, 7) is 1.87. The molecule has 3 aromatic rings. The van der Waals surface area contributed by atoms with Crippen LogP contribution >= 0.6 is 11.3 Å². The van der Waals surface area contributed by atoms with Crippen molar-refractivity contribution < 1.29 is 22.3 Å². The van der Waals surface area contributed by atoms with E-state index in [1.54, 1.807) is 24.4 Å². The highest BCUT2D eigenvalue weighted by atomic mass is 32.2. The molecule has 9 heteroatoms. The lowest BCUT2D eigenvalue weighted by atomic mass is 10.2. The molecule has 2 aromatic heterocycles. The van der Waals surface area contributed by atoms with E-state index in [-0.39, 0.29) is 10.6 Å². The van der Waals surface area contributed by atoms with Crippen molar-refractivity contribution in [2.75, 3.05) is 0 Å². The lowest BCUT2D eigenvalue weighted by Crippen LogP contribution is -2.09. The molecular formula is C14H11BNO5S2. The van der Waals surface area contributed by atoms with E-state index in [0.717, 1.165) is 16.9 Å². The van der Waals surface area contributed by atoms with E-state index >= 15 is 0 Å². The summed E-state index contributed by atoms with van der Waals surface area (Å²) in [5.41, 5.74) is 0.952. The maximum absolute atomic E-state index is 12.4. The van der Waals surface area contributed by atoms with Crippen molar-refractivity contribution in [1.82, 2.24) is 4.98 Å². The highest BCUT2D eigenvalue weighted by Gasteiger charge is 2.19. The molecule has 1 radical (unpaired) electrons. The number of hydrogen-bond acceptors (Lipinski definition) is 7. The zero-order valence-corrected chi connectivity index (χ0v) is 13.6. The molecule has 0 aliphatic heterocycles. The molecule has 117 valence electrons. The number of aromatic nitrogens is 1. The normalized spacial score (nSPS) is 11.4. The van der Waals surface area contributed by atoms with Crippen LogP contribution < -0.4 is 8.84 Å². The van der Waals surface area contributed by atoms with Gasteiger partial charge in [-0.3, -0.25) is 4.98 Å². The van der Waals surface area contributed by atoms with Crippen LogP contribution in [0.3, 0.4) is 0 Å². The van der Waals surface area contributed by atoms with E-state index in [1.807, 2.05) is 6.92 Å². The SMILES string of the molecule is Cc1ccc(S(=O)(=O)Oc2cncc3cc(O[B]O)sc23)cc1. The molecule has 0 aliphatic rings. The highest BCUT2D eigenvalue weighted by molar-refractivity contribution is 7.87. The second kappa shape index (κ2) is 6.19. The number of fused-ring (bicyclic) bond motifs is 1. The molecule has 3 rings (SSSR count). The van der Waals surface area contributed by atoms with Gasteiger partial charge in [-0.15, -0.1) is 0 Å². The summed E-state index contributed by atoms with van der Waals surface area (Å²) in [4.78, 5) is 4.03. The van der Waals surface area contributed by atoms with E-state index in [1.165, 1.54) is 18.3 Å². The maximum atomic E-state index is 12.4. The standard InChI is InChI=1S/C14H11BNO5S2/c1-9-2-4-11(5-3-9)23(18,19)21-12-8-16-7-10-6-13(20-15-17)22-14(10)12/h2-8,17H,1H3. The Hall–Kier alpha value is -2.10. The lowest BCUT2D eigenvalue weighted by Gasteiger charge is -2.07. The van der Waals surface area contributed by atoms with Crippen LogP contribution in [0.1, 0.15) is 5.56 Å². The molecule has 1 N–H and O–H groups in total. The summed E-state index contributed by atoms with van der Waals surface area (Å²) in [5.74, 6) is 0.112. The van der Waals surface area contributed by atoms with Crippen LogP contribution in [0, 0.1) is 6.92 Å². The Labute approximate surface area is 137 Å². The second-order valence-electron chi connectivity index (χ2n) is 4.70. The smallest absolute Gasteiger partial charge is 0.530 e. The molecule has 1 aromatic carbocycles. The van der Waals surface area contributed by atoms with Gasteiger partial charge < -0.3 is 13.9 Å². The third-order valence-electron chi connectivity index (χ3n) is 3.05. The van der Waals surface area contributed by atoms with Gasteiger partial charge in [-0.2, -0.15) is 8.42 Å². The first-order chi connectivity index (χ1) is 11.0. The quantitative estimate of drug-likeness (QED) is 0.562. The van der Waals surface area contributed by atoms with Crippen LogP contribution in [-0.2, 0) is 10.1 Å². The van der Waals surface area contributed by atoms with Crippen LogP contribution in [0.15, 0.2) is 47.6 Å². The first-order valence-corrected chi connectivity index (χ1v) is 8.73. The molecule has 0 fully saturated rings. The van der Waals surface area contributed by atoms with E-state index in [4.69, 9.17) is 13.9 Å². The van der Waals surface area contributed by atoms with Gasteiger partial charge in [0.15, 0.2) is 10.8 Å². The van der Waals surface area contributed by atoms with Crippen molar-refractivity contribution in [3.63, 3.8) is 0 Å². The maximum Gasteiger partial charge on any atom is 0.569 e. The molecule has 2 heterocycles. The molecule has 23 heavy (non-hydrogen) atoms. The van der Waals surface area contributed by atoms with Gasteiger partial charge in [-0.1, -0.05) is 29.0 Å². The van der Waals surface area contributed by atoms with Crippen LogP contribution in [-0.4, -0.2) is 26.1 Å². The molecule has 0 aliphatic carbocycles. The Bertz CT molecular complexity index is 937. The Morgan fingerprint density at radius 2 is 1.96 bits per heavy atom. The topological polar surface area (TPSA) is 85.7 Å². The number of thiophene rings is 1. The van der Waals surface area contributed by atoms with Crippen LogP contribution in [0.2, 0.25) is 0 Å². The predicted molar refractivity (Wildman–Crippen MR) is 87.2 cm³/mol. The van der Waals surface area contributed by atoms with Crippen LogP contribution in [0.4, 0.5) is 0 Å². The molecular weight excluding hydrogens is 337 g/mol. The van der Waals surface area contributed by atoms with Gasteiger partial charge in [0.05, 0.1) is 10.9 Å². The zero-order chi connectivity index (χ0) is 16.4. The summed E-state index contributed by atoms with van der Waals surface area (Å²) in [7, 11) is -3.40. The third-order valence-corrected chi connectivity index (χ3v) is 5.35. The minimum atomic E-state index is -3.96. The molecule has 0 atom stereocenters. The minimum Gasteiger partial charge on any atom is -0.530 e. The largest absolute Gasteiger partial charge is 0.569 e. The summed E-state index contributed by atoms with van der Waals surface area (Å²) < 4.78 is 35.4. The van der Waals surface area contributed by atoms with Crippen molar-refractivity contribution >= 4 is 39.2 Å². The minimum absolute atomic E-state index is 0.0665. The fraction of sp³-hybridized carbons (Fsp3) is 0.0714. The van der Waals surface area contributed by atoms with Crippen molar-refractivity contribution in [3.8, 4) is 10.8 Å². The zero-order valence-electron chi connectivity index (χ0n) is 12.0. The number of rotatable bonds is 5. The summed E-state index contributed by atoms with van der Waals surface area (Å²) in [6, 6.07) is 8.00. The fourth-order valence-corrected chi connectivity index (χ4v) is 3.84. The predicted octanol–water partition coefficient (Wildman–Crippen LogP) is 2.28. The molecule has 0 bridgehead atoms. The third kappa shape index (κ3) is 3.31. The summed E-state index contributed by atoms with van der Waals surface area (Å²) >= 11 is 1.14. The molecule has 0 amide bonds. The second-order valence-corrected chi connectivity index (χ2v) is 7.26. The lowest BCUT2D eigenvalue weighted by molar-refractivity contribution is 0.461. The number of aryl methyl sites for hydroxylation is 1. The van der Waals surface area contributed by atoms with E-state index in [2.05, 4.69) is 4.98 Å². The molecule has 0 saturated heterocycles. The first-order valence-electron chi connectivity index (χ1n) is 6.51. The summed E-state index contributed by atoms with van der Waals surface area (Å²) in [6.07, 6.45) is 2.89. The van der Waals surface area contributed by atoms with Gasteiger partial charge >= 0.3 is 17.8 Å². The van der Waals surface area contributed by atoms with E-state index in [9.17, 15) is 8.42 Å². The average molecular weight is 348 g/mol.